The molecule has 0 radical (unpaired) electrons. The van der Waals surface area contributed by atoms with E-state index in [9.17, 15) is 18.9 Å². The number of cyclic esters (lactones) is 1. The zero-order valence-electron chi connectivity index (χ0n) is 24.3. The maximum Gasteiger partial charge on any atom is 0.342 e. The predicted molar refractivity (Wildman–Crippen MR) is 149 cm³/mol. The Morgan fingerprint density at radius 1 is 1.18 bits per heavy atom. The Hall–Kier alpha value is -2.88. The number of carboxylic acids is 1. The number of rotatable bonds is 18. The molecule has 0 spiro atoms. The lowest BCUT2D eigenvalue weighted by atomic mass is 9.94. The smallest absolute Gasteiger partial charge is 0.342 e. The van der Waals surface area contributed by atoms with Gasteiger partial charge in [-0.2, -0.15) is 0 Å². The van der Waals surface area contributed by atoms with E-state index in [0.29, 0.717) is 28.9 Å². The van der Waals surface area contributed by atoms with Crippen molar-refractivity contribution in [1.29, 1.82) is 0 Å². The molecule has 1 heterocycles. The summed E-state index contributed by atoms with van der Waals surface area (Å²) in [4.78, 5) is 36.4. The predicted octanol–water partition coefficient (Wildman–Crippen LogP) is 5.31. The number of hydrogen-bond acceptors (Lipinski definition) is 9. The van der Waals surface area contributed by atoms with Gasteiger partial charge in [0.05, 0.1) is 13.7 Å². The SMILES string of the molecule is CCCCCCOC(=O)C(C)NP(=O)(COC)Oc1c(C/C=C(\C)CCC(=O)O)c(OC)c(C)c2c1C(=O)OC2. The first-order chi connectivity index (χ1) is 19.0. The van der Waals surface area contributed by atoms with Crippen LogP contribution in [0, 0.1) is 6.92 Å². The number of methoxy groups -OCH3 is 2. The van der Waals surface area contributed by atoms with E-state index in [1.807, 2.05) is 6.08 Å². The van der Waals surface area contributed by atoms with Crippen LogP contribution in [0.4, 0.5) is 0 Å². The van der Waals surface area contributed by atoms with Gasteiger partial charge < -0.3 is 28.6 Å². The Bertz CT molecular complexity index is 1150. The molecule has 2 N–H and O–H groups in total. The number of aliphatic carboxylic acids is 1. The fourth-order valence-electron chi connectivity index (χ4n) is 4.37. The zero-order valence-corrected chi connectivity index (χ0v) is 25.2. The molecule has 40 heavy (non-hydrogen) atoms. The Balaban J connectivity index is 2.44. The summed E-state index contributed by atoms with van der Waals surface area (Å²) in [6.07, 6.45) is 5.71. The molecule has 2 atom stereocenters. The molecular formula is C28H42NO10P. The van der Waals surface area contributed by atoms with E-state index in [1.54, 1.807) is 13.8 Å². The van der Waals surface area contributed by atoms with Crippen molar-refractivity contribution >= 4 is 25.4 Å². The van der Waals surface area contributed by atoms with Crippen LogP contribution in [-0.4, -0.2) is 56.2 Å². The van der Waals surface area contributed by atoms with Crippen LogP contribution in [0.15, 0.2) is 11.6 Å². The lowest BCUT2D eigenvalue weighted by molar-refractivity contribution is -0.145. The van der Waals surface area contributed by atoms with Gasteiger partial charge in [0.15, 0.2) is 0 Å². The molecule has 0 saturated heterocycles. The van der Waals surface area contributed by atoms with Crippen LogP contribution < -0.4 is 14.3 Å². The summed E-state index contributed by atoms with van der Waals surface area (Å²) in [6, 6.07) is -0.985. The van der Waals surface area contributed by atoms with Gasteiger partial charge in [0.25, 0.3) is 0 Å². The van der Waals surface area contributed by atoms with Gasteiger partial charge in [-0.3, -0.25) is 14.2 Å². The van der Waals surface area contributed by atoms with Crippen molar-refractivity contribution in [3.05, 3.63) is 33.9 Å². The summed E-state index contributed by atoms with van der Waals surface area (Å²) in [5.74, 6) is -1.69. The lowest BCUT2D eigenvalue weighted by Gasteiger charge is -2.26. The van der Waals surface area contributed by atoms with Gasteiger partial charge in [0.1, 0.15) is 36.1 Å². The van der Waals surface area contributed by atoms with Crippen LogP contribution in [-0.2, 0) is 41.4 Å². The topological polar surface area (TPSA) is 147 Å². The normalized spacial score (nSPS) is 15.2. The van der Waals surface area contributed by atoms with Crippen molar-refractivity contribution in [2.24, 2.45) is 0 Å². The van der Waals surface area contributed by atoms with Crippen molar-refractivity contribution in [1.82, 2.24) is 5.09 Å². The molecule has 11 nitrogen and oxygen atoms in total. The number of allylic oxidation sites excluding steroid dienone is 2. The van der Waals surface area contributed by atoms with Gasteiger partial charge in [-0.1, -0.05) is 37.8 Å². The number of esters is 2. The second-order valence-corrected chi connectivity index (χ2v) is 11.9. The molecule has 2 rings (SSSR count). The summed E-state index contributed by atoms with van der Waals surface area (Å²) >= 11 is 0. The maximum absolute atomic E-state index is 14.0. The number of carbonyl (C=O) groups excluding carboxylic acids is 2. The number of nitrogens with one attached hydrogen (secondary N) is 1. The summed E-state index contributed by atoms with van der Waals surface area (Å²) < 4.78 is 41.6. The summed E-state index contributed by atoms with van der Waals surface area (Å²) in [5, 5.41) is 11.8. The molecule has 0 aliphatic carbocycles. The van der Waals surface area contributed by atoms with Gasteiger partial charge >= 0.3 is 25.4 Å². The molecule has 12 heteroatoms. The van der Waals surface area contributed by atoms with Crippen LogP contribution >= 0.6 is 7.52 Å². The second kappa shape index (κ2) is 15.8. The van der Waals surface area contributed by atoms with E-state index in [4.69, 9.17) is 28.6 Å². The van der Waals surface area contributed by atoms with Crippen molar-refractivity contribution in [2.75, 3.05) is 27.2 Å². The van der Waals surface area contributed by atoms with Crippen LogP contribution in [0.25, 0.3) is 0 Å². The van der Waals surface area contributed by atoms with Gasteiger partial charge in [0, 0.05) is 24.7 Å². The average Bonchev–Trinajstić information content (AvgIpc) is 3.29. The number of hydrogen-bond donors (Lipinski definition) is 2. The molecular weight excluding hydrogens is 541 g/mol. The van der Waals surface area contributed by atoms with Gasteiger partial charge in [-0.15, -0.1) is 0 Å². The molecule has 0 fully saturated rings. The second-order valence-electron chi connectivity index (χ2n) is 9.81. The molecule has 0 aromatic heterocycles. The summed E-state index contributed by atoms with van der Waals surface area (Å²) in [7, 11) is -1.12. The highest BCUT2D eigenvalue weighted by molar-refractivity contribution is 7.57. The van der Waals surface area contributed by atoms with E-state index < -0.39 is 37.8 Å². The molecule has 0 amide bonds. The van der Waals surface area contributed by atoms with E-state index in [2.05, 4.69) is 12.0 Å². The third-order valence-electron chi connectivity index (χ3n) is 6.54. The van der Waals surface area contributed by atoms with E-state index in [1.165, 1.54) is 21.1 Å². The molecule has 1 aromatic carbocycles. The van der Waals surface area contributed by atoms with Crippen LogP contribution in [0.5, 0.6) is 11.5 Å². The lowest BCUT2D eigenvalue weighted by Crippen LogP contribution is -2.35. The summed E-state index contributed by atoms with van der Waals surface area (Å²) in [5.41, 5.74) is 2.61. The summed E-state index contributed by atoms with van der Waals surface area (Å²) in [6.45, 7) is 7.46. The van der Waals surface area contributed by atoms with E-state index in [0.717, 1.165) is 31.3 Å². The number of fused-ring (bicyclic) bond motifs is 1. The highest BCUT2D eigenvalue weighted by atomic mass is 31.2. The van der Waals surface area contributed by atoms with Crippen molar-refractivity contribution < 1.29 is 47.5 Å². The van der Waals surface area contributed by atoms with Gasteiger partial charge in [0.2, 0.25) is 0 Å². The minimum atomic E-state index is -3.94. The number of benzene rings is 1. The van der Waals surface area contributed by atoms with Crippen molar-refractivity contribution in [3.8, 4) is 11.5 Å². The zero-order chi connectivity index (χ0) is 29.9. The minimum Gasteiger partial charge on any atom is -0.496 e. The number of carbonyl (C=O) groups is 3. The largest absolute Gasteiger partial charge is 0.496 e. The highest BCUT2D eigenvalue weighted by Crippen LogP contribution is 2.51. The molecule has 1 aliphatic heterocycles. The number of carboxylic acid groups (broad SMARTS) is 1. The molecule has 0 saturated carbocycles. The van der Waals surface area contributed by atoms with Crippen molar-refractivity contribution in [2.45, 2.75) is 85.3 Å². The van der Waals surface area contributed by atoms with Crippen LogP contribution in [0.3, 0.4) is 0 Å². The first kappa shape index (κ1) is 33.3. The monoisotopic (exact) mass is 583 g/mol. The van der Waals surface area contributed by atoms with Crippen LogP contribution in [0.1, 0.15) is 86.3 Å². The Kier molecular flexibility index (Phi) is 13.2. The Labute approximate surface area is 236 Å². The number of ether oxygens (including phenoxy) is 4. The fourth-order valence-corrected chi connectivity index (χ4v) is 6.09. The van der Waals surface area contributed by atoms with Gasteiger partial charge in [-0.05, 0) is 45.6 Å². The molecule has 1 aliphatic rings. The first-order valence-corrected chi connectivity index (χ1v) is 15.3. The van der Waals surface area contributed by atoms with Crippen LogP contribution in [0.2, 0.25) is 0 Å². The van der Waals surface area contributed by atoms with E-state index in [-0.39, 0.29) is 37.4 Å². The third-order valence-corrected chi connectivity index (χ3v) is 8.39. The standard InChI is InChI=1S/C28H42NO10P/c1-7-8-9-10-15-37-27(32)20(4)29-40(34,17-35-5)39-26-21(13-11-18(2)12-14-23(30)31)25(36-6)19(3)22-16-38-28(33)24(22)26/h11,20H,7-10,12-17H2,1-6H3,(H,29,34)(H,30,31)/b18-11+. The van der Waals surface area contributed by atoms with Gasteiger partial charge in [-0.25, -0.2) is 9.88 Å². The van der Waals surface area contributed by atoms with Crippen molar-refractivity contribution in [3.63, 3.8) is 0 Å². The quantitative estimate of drug-likeness (QED) is 0.100. The molecule has 224 valence electrons. The minimum absolute atomic E-state index is 0.00322. The van der Waals surface area contributed by atoms with E-state index >= 15 is 0 Å². The Morgan fingerprint density at radius 2 is 1.90 bits per heavy atom. The molecule has 1 aromatic rings. The molecule has 0 bridgehead atoms. The first-order valence-electron chi connectivity index (χ1n) is 13.5. The number of unbranched alkanes of at least 4 members (excludes halogenated alkanes) is 3. The Morgan fingerprint density at radius 3 is 2.52 bits per heavy atom. The fraction of sp³-hybridized carbons (Fsp3) is 0.607. The third kappa shape index (κ3) is 9.08. The maximum atomic E-state index is 14.0. The molecule has 2 unspecified atom stereocenters. The highest BCUT2D eigenvalue weighted by Gasteiger charge is 2.38. The average molecular weight is 584 g/mol.